The Balaban J connectivity index is 1.88. The van der Waals surface area contributed by atoms with Crippen LogP contribution in [0.1, 0.15) is 33.1 Å². The molecule has 0 atom stereocenters. The average Bonchev–Trinajstić information content (AvgIpc) is 2.59. The van der Waals surface area contributed by atoms with Crippen molar-refractivity contribution >= 4 is 15.9 Å². The highest BCUT2D eigenvalue weighted by Gasteiger charge is 2.17. The van der Waals surface area contributed by atoms with Crippen LogP contribution < -0.4 is 9.46 Å². The average molecular weight is 354 g/mol. The fourth-order valence-electron chi connectivity index (χ4n) is 2.45. The Hall–Kier alpha value is -1.60. The van der Waals surface area contributed by atoms with Crippen LogP contribution in [0.5, 0.6) is 5.75 Å². The maximum atomic E-state index is 12.1. The number of benzene rings is 1. The molecule has 1 fully saturated rings. The molecule has 0 radical (unpaired) electrons. The number of amides is 1. The standard InChI is InChI=1S/C17H26N2O4S/c1-14(2)12-18-24(21,22)16-8-6-15(7-9-16)23-13-17(20)19-10-4-3-5-11-19/h6-9,14,18H,3-5,10-13H2,1-2H3. The number of nitrogens with zero attached hydrogens (tertiary/aromatic N) is 1. The summed E-state index contributed by atoms with van der Waals surface area (Å²) < 4.78 is 32.3. The number of hydrogen-bond donors (Lipinski definition) is 1. The summed E-state index contributed by atoms with van der Waals surface area (Å²) in [6, 6.07) is 6.13. The van der Waals surface area contributed by atoms with Crippen LogP contribution in [0.3, 0.4) is 0 Å². The number of nitrogens with one attached hydrogen (secondary N) is 1. The van der Waals surface area contributed by atoms with E-state index in [1.54, 1.807) is 12.1 Å². The third-order valence-electron chi connectivity index (χ3n) is 3.89. The minimum absolute atomic E-state index is 0.0162. The fraction of sp³-hybridized carbons (Fsp3) is 0.588. The molecule has 0 bridgehead atoms. The summed E-state index contributed by atoms with van der Waals surface area (Å²) >= 11 is 0. The summed E-state index contributed by atoms with van der Waals surface area (Å²) in [5, 5.41) is 0. The molecule has 1 saturated heterocycles. The van der Waals surface area contributed by atoms with Crippen molar-refractivity contribution in [2.24, 2.45) is 5.92 Å². The van der Waals surface area contributed by atoms with E-state index in [9.17, 15) is 13.2 Å². The SMILES string of the molecule is CC(C)CNS(=O)(=O)c1ccc(OCC(=O)N2CCCCC2)cc1. The molecule has 24 heavy (non-hydrogen) atoms. The number of hydrogen-bond acceptors (Lipinski definition) is 4. The molecular formula is C17H26N2O4S. The second-order valence-corrected chi connectivity index (χ2v) is 8.21. The molecule has 6 nitrogen and oxygen atoms in total. The van der Waals surface area contributed by atoms with E-state index in [-0.39, 0.29) is 23.3 Å². The lowest BCUT2D eigenvalue weighted by Crippen LogP contribution is -2.38. The second-order valence-electron chi connectivity index (χ2n) is 6.45. The van der Waals surface area contributed by atoms with E-state index in [4.69, 9.17) is 4.74 Å². The predicted molar refractivity (Wildman–Crippen MR) is 92.4 cm³/mol. The number of carbonyl (C=O) groups excluding carboxylic acids is 1. The van der Waals surface area contributed by atoms with Gasteiger partial charge in [0.2, 0.25) is 10.0 Å². The molecule has 1 aromatic rings. The third kappa shape index (κ3) is 5.49. The van der Waals surface area contributed by atoms with Gasteiger partial charge >= 0.3 is 0 Å². The highest BCUT2D eigenvalue weighted by molar-refractivity contribution is 7.89. The van der Waals surface area contributed by atoms with E-state index in [0.29, 0.717) is 12.3 Å². The Kier molecular flexibility index (Phi) is 6.62. The Morgan fingerprint density at radius 3 is 2.38 bits per heavy atom. The van der Waals surface area contributed by atoms with Crippen molar-refractivity contribution in [3.63, 3.8) is 0 Å². The monoisotopic (exact) mass is 354 g/mol. The Morgan fingerprint density at radius 1 is 1.17 bits per heavy atom. The van der Waals surface area contributed by atoms with Gasteiger partial charge in [-0.25, -0.2) is 13.1 Å². The highest BCUT2D eigenvalue weighted by atomic mass is 32.2. The minimum atomic E-state index is -3.50. The normalized spacial score (nSPS) is 15.5. The Morgan fingerprint density at radius 2 is 1.79 bits per heavy atom. The predicted octanol–water partition coefficient (Wildman–Crippen LogP) is 2.01. The number of carbonyl (C=O) groups is 1. The molecule has 7 heteroatoms. The fourth-order valence-corrected chi connectivity index (χ4v) is 3.67. The quantitative estimate of drug-likeness (QED) is 0.813. The largest absolute Gasteiger partial charge is 0.484 e. The maximum absolute atomic E-state index is 12.1. The van der Waals surface area contributed by atoms with Gasteiger partial charge in [-0.1, -0.05) is 13.8 Å². The molecule has 0 aromatic heterocycles. The molecule has 1 amide bonds. The molecule has 134 valence electrons. The highest BCUT2D eigenvalue weighted by Crippen LogP contribution is 2.16. The maximum Gasteiger partial charge on any atom is 0.260 e. The molecule has 2 rings (SSSR count). The molecular weight excluding hydrogens is 328 g/mol. The zero-order valence-corrected chi connectivity index (χ0v) is 15.1. The van der Waals surface area contributed by atoms with Gasteiger partial charge in [0.25, 0.3) is 5.91 Å². The van der Waals surface area contributed by atoms with Gasteiger partial charge in [0.1, 0.15) is 5.75 Å². The number of rotatable bonds is 7. The lowest BCUT2D eigenvalue weighted by Gasteiger charge is -2.26. The zero-order valence-electron chi connectivity index (χ0n) is 14.3. The van der Waals surface area contributed by atoms with Gasteiger partial charge in [-0.05, 0) is 49.4 Å². The van der Waals surface area contributed by atoms with Crippen LogP contribution in [0.4, 0.5) is 0 Å². The molecule has 0 unspecified atom stereocenters. The lowest BCUT2D eigenvalue weighted by atomic mass is 10.1. The zero-order chi connectivity index (χ0) is 17.6. The first-order chi connectivity index (χ1) is 11.4. The van der Waals surface area contributed by atoms with Crippen molar-refractivity contribution in [3.8, 4) is 5.75 Å². The van der Waals surface area contributed by atoms with Gasteiger partial charge in [0, 0.05) is 19.6 Å². The summed E-state index contributed by atoms with van der Waals surface area (Å²) in [6.07, 6.45) is 3.26. The smallest absolute Gasteiger partial charge is 0.260 e. The van der Waals surface area contributed by atoms with E-state index >= 15 is 0 Å². The summed E-state index contributed by atoms with van der Waals surface area (Å²) in [4.78, 5) is 14.1. The molecule has 0 spiro atoms. The van der Waals surface area contributed by atoms with E-state index in [0.717, 1.165) is 25.9 Å². The Bertz CT molecular complexity index is 635. The number of likely N-dealkylation sites (tertiary alicyclic amines) is 1. The van der Waals surface area contributed by atoms with Crippen molar-refractivity contribution in [2.75, 3.05) is 26.2 Å². The van der Waals surface area contributed by atoms with Crippen molar-refractivity contribution in [1.29, 1.82) is 0 Å². The first kappa shape index (κ1) is 18.7. The van der Waals surface area contributed by atoms with Crippen molar-refractivity contribution in [3.05, 3.63) is 24.3 Å². The van der Waals surface area contributed by atoms with Crippen LogP contribution in [0.15, 0.2) is 29.2 Å². The third-order valence-corrected chi connectivity index (χ3v) is 5.33. The summed E-state index contributed by atoms with van der Waals surface area (Å²) in [5.41, 5.74) is 0. The van der Waals surface area contributed by atoms with Crippen LogP contribution in [-0.4, -0.2) is 45.5 Å². The van der Waals surface area contributed by atoms with E-state index in [2.05, 4.69) is 4.72 Å². The van der Waals surface area contributed by atoms with Crippen LogP contribution >= 0.6 is 0 Å². The van der Waals surface area contributed by atoms with Crippen molar-refractivity contribution in [2.45, 2.75) is 38.0 Å². The minimum Gasteiger partial charge on any atom is -0.484 e. The van der Waals surface area contributed by atoms with Crippen LogP contribution in [0, 0.1) is 5.92 Å². The molecule has 0 saturated carbocycles. The Labute approximate surface area is 144 Å². The van der Waals surface area contributed by atoms with Gasteiger partial charge in [0.15, 0.2) is 6.61 Å². The lowest BCUT2D eigenvalue weighted by molar-refractivity contribution is -0.134. The van der Waals surface area contributed by atoms with E-state index in [1.165, 1.54) is 18.6 Å². The molecule has 1 heterocycles. The molecule has 1 N–H and O–H groups in total. The first-order valence-electron chi connectivity index (χ1n) is 8.39. The number of sulfonamides is 1. The molecule has 1 aromatic carbocycles. The van der Waals surface area contributed by atoms with Crippen molar-refractivity contribution in [1.82, 2.24) is 9.62 Å². The van der Waals surface area contributed by atoms with E-state index in [1.807, 2.05) is 18.7 Å². The van der Waals surface area contributed by atoms with Gasteiger partial charge in [0.05, 0.1) is 4.90 Å². The molecule has 0 aliphatic carbocycles. The van der Waals surface area contributed by atoms with Crippen LogP contribution in [0.2, 0.25) is 0 Å². The van der Waals surface area contributed by atoms with Gasteiger partial charge in [-0.2, -0.15) is 0 Å². The first-order valence-corrected chi connectivity index (χ1v) is 9.87. The van der Waals surface area contributed by atoms with Crippen LogP contribution in [-0.2, 0) is 14.8 Å². The summed E-state index contributed by atoms with van der Waals surface area (Å²) in [5.74, 6) is 0.705. The van der Waals surface area contributed by atoms with Crippen molar-refractivity contribution < 1.29 is 17.9 Å². The van der Waals surface area contributed by atoms with Gasteiger partial charge < -0.3 is 9.64 Å². The number of ether oxygens (including phenoxy) is 1. The molecule has 1 aliphatic heterocycles. The number of piperidine rings is 1. The molecule has 1 aliphatic rings. The summed E-state index contributed by atoms with van der Waals surface area (Å²) in [6.45, 7) is 5.85. The van der Waals surface area contributed by atoms with E-state index < -0.39 is 10.0 Å². The van der Waals surface area contributed by atoms with Crippen LogP contribution in [0.25, 0.3) is 0 Å². The van der Waals surface area contributed by atoms with Gasteiger partial charge in [-0.3, -0.25) is 4.79 Å². The summed E-state index contributed by atoms with van der Waals surface area (Å²) in [7, 11) is -3.50. The second kappa shape index (κ2) is 8.48. The topological polar surface area (TPSA) is 75.7 Å². The van der Waals surface area contributed by atoms with Gasteiger partial charge in [-0.15, -0.1) is 0 Å².